The highest BCUT2D eigenvalue weighted by Gasteiger charge is 2.19. The molecule has 6 rings (SSSR count). The van der Waals surface area contributed by atoms with E-state index in [-0.39, 0.29) is 0 Å². The van der Waals surface area contributed by atoms with E-state index < -0.39 is 0 Å². The predicted molar refractivity (Wildman–Crippen MR) is 122 cm³/mol. The van der Waals surface area contributed by atoms with Crippen LogP contribution in [0, 0.1) is 0 Å². The molecule has 0 amide bonds. The number of H-pyrrole nitrogens is 2. The van der Waals surface area contributed by atoms with E-state index >= 15 is 0 Å². The van der Waals surface area contributed by atoms with Gasteiger partial charge in [-0.25, -0.2) is 9.97 Å². The van der Waals surface area contributed by atoms with E-state index in [1.807, 2.05) is 12.3 Å². The van der Waals surface area contributed by atoms with Crippen molar-refractivity contribution in [1.82, 2.24) is 35.0 Å². The summed E-state index contributed by atoms with van der Waals surface area (Å²) in [6.07, 6.45) is 6.87. The molecular weight excluding hydrogens is 388 g/mol. The van der Waals surface area contributed by atoms with Crippen LogP contribution < -0.4 is 4.90 Å². The summed E-state index contributed by atoms with van der Waals surface area (Å²) in [5, 5.41) is 9.95. The zero-order chi connectivity index (χ0) is 20.8. The largest absolute Gasteiger partial charge is 0.368 e. The van der Waals surface area contributed by atoms with E-state index in [0.717, 1.165) is 65.2 Å². The normalized spacial score (nSPS) is 15.2. The molecule has 1 aromatic carbocycles. The third-order valence-electron chi connectivity index (χ3n) is 6.04. The second kappa shape index (κ2) is 7.17. The molecule has 0 aliphatic carbocycles. The summed E-state index contributed by atoms with van der Waals surface area (Å²) in [4.78, 5) is 21.2. The van der Waals surface area contributed by atoms with Gasteiger partial charge >= 0.3 is 0 Å². The quantitative estimate of drug-likeness (QED) is 0.474. The van der Waals surface area contributed by atoms with Gasteiger partial charge in [-0.3, -0.25) is 10.1 Å². The van der Waals surface area contributed by atoms with E-state index in [0.29, 0.717) is 0 Å². The molecule has 1 fully saturated rings. The van der Waals surface area contributed by atoms with Crippen molar-refractivity contribution in [3.05, 3.63) is 55.2 Å². The molecule has 1 saturated heterocycles. The number of hydrogen-bond acceptors (Lipinski definition) is 6. The van der Waals surface area contributed by atoms with Crippen LogP contribution in [0.1, 0.15) is 0 Å². The van der Waals surface area contributed by atoms with Crippen LogP contribution in [0.5, 0.6) is 0 Å². The molecule has 1 aliphatic heterocycles. The summed E-state index contributed by atoms with van der Waals surface area (Å²) < 4.78 is 0. The van der Waals surface area contributed by atoms with Crippen LogP contribution in [0.4, 0.5) is 5.69 Å². The Hall–Kier alpha value is -3.78. The lowest BCUT2D eigenvalue weighted by Crippen LogP contribution is -2.44. The number of nitrogens with one attached hydrogen (secondary N) is 2. The maximum Gasteiger partial charge on any atom is 0.116 e. The molecule has 0 saturated carbocycles. The molecule has 5 heterocycles. The zero-order valence-electron chi connectivity index (χ0n) is 17.2. The average molecular weight is 410 g/mol. The molecule has 0 unspecified atom stereocenters. The van der Waals surface area contributed by atoms with Gasteiger partial charge in [0, 0.05) is 66.1 Å². The monoisotopic (exact) mass is 410 g/mol. The van der Waals surface area contributed by atoms with Crippen molar-refractivity contribution >= 4 is 27.5 Å². The van der Waals surface area contributed by atoms with Gasteiger partial charge < -0.3 is 14.8 Å². The van der Waals surface area contributed by atoms with Crippen LogP contribution in [-0.4, -0.2) is 68.3 Å². The lowest BCUT2D eigenvalue weighted by Gasteiger charge is -2.34. The first-order valence-electron chi connectivity index (χ1n) is 10.4. The van der Waals surface area contributed by atoms with E-state index in [4.69, 9.17) is 0 Å². The van der Waals surface area contributed by atoms with Crippen molar-refractivity contribution < 1.29 is 0 Å². The molecule has 31 heavy (non-hydrogen) atoms. The van der Waals surface area contributed by atoms with E-state index in [9.17, 15) is 0 Å². The molecule has 0 bridgehead atoms. The maximum absolute atomic E-state index is 4.60. The third-order valence-corrected chi connectivity index (χ3v) is 6.04. The highest BCUT2D eigenvalue weighted by molar-refractivity contribution is 6.00. The molecule has 5 aromatic rings. The summed E-state index contributed by atoms with van der Waals surface area (Å²) in [5.41, 5.74) is 6.87. The molecule has 8 heteroatoms. The third kappa shape index (κ3) is 3.12. The van der Waals surface area contributed by atoms with Gasteiger partial charge in [0.25, 0.3) is 0 Å². The number of nitrogens with zero attached hydrogens (tertiary/aromatic N) is 6. The van der Waals surface area contributed by atoms with Crippen molar-refractivity contribution in [3.8, 4) is 22.6 Å². The summed E-state index contributed by atoms with van der Waals surface area (Å²) in [6.45, 7) is 4.23. The lowest BCUT2D eigenvalue weighted by atomic mass is 10.1. The molecule has 4 aromatic heterocycles. The number of fused-ring (bicyclic) bond motifs is 2. The Labute approximate surface area is 179 Å². The highest BCUT2D eigenvalue weighted by atomic mass is 15.2. The van der Waals surface area contributed by atoms with Crippen LogP contribution in [0.25, 0.3) is 44.5 Å². The number of likely N-dealkylation sites (N-methyl/N-ethyl adjacent to an activating group) is 1. The smallest absolute Gasteiger partial charge is 0.116 e. The zero-order valence-corrected chi connectivity index (χ0v) is 17.2. The lowest BCUT2D eigenvalue weighted by molar-refractivity contribution is 0.313. The van der Waals surface area contributed by atoms with Crippen molar-refractivity contribution in [2.75, 3.05) is 38.1 Å². The number of pyridine rings is 1. The van der Waals surface area contributed by atoms with Crippen molar-refractivity contribution in [2.24, 2.45) is 0 Å². The summed E-state index contributed by atoms with van der Waals surface area (Å²) in [7, 11) is 2.18. The van der Waals surface area contributed by atoms with Gasteiger partial charge in [-0.15, -0.1) is 0 Å². The van der Waals surface area contributed by atoms with Gasteiger partial charge in [0.15, 0.2) is 0 Å². The van der Waals surface area contributed by atoms with Crippen LogP contribution >= 0.6 is 0 Å². The first-order chi connectivity index (χ1) is 15.3. The molecule has 0 spiro atoms. The second-order valence-electron chi connectivity index (χ2n) is 8.03. The minimum Gasteiger partial charge on any atom is -0.368 e. The van der Waals surface area contributed by atoms with Gasteiger partial charge in [-0.1, -0.05) is 6.07 Å². The first kappa shape index (κ1) is 18.0. The van der Waals surface area contributed by atoms with E-state index in [1.165, 1.54) is 17.4 Å². The number of benzene rings is 1. The maximum atomic E-state index is 4.60. The number of aromatic nitrogens is 6. The van der Waals surface area contributed by atoms with Gasteiger partial charge in [-0.2, -0.15) is 5.10 Å². The van der Waals surface area contributed by atoms with E-state index in [2.05, 4.69) is 71.2 Å². The van der Waals surface area contributed by atoms with Crippen LogP contribution in [-0.2, 0) is 0 Å². The fraction of sp³-hybridized carbons (Fsp3) is 0.217. The molecular formula is C23H22N8. The fourth-order valence-corrected chi connectivity index (χ4v) is 4.30. The average Bonchev–Trinajstić information content (AvgIpc) is 3.43. The van der Waals surface area contributed by atoms with Gasteiger partial charge in [0.05, 0.1) is 23.1 Å². The summed E-state index contributed by atoms with van der Waals surface area (Å²) in [5.74, 6) is 0. The number of piperazine rings is 1. The Balaban J connectivity index is 1.44. The van der Waals surface area contributed by atoms with E-state index in [1.54, 1.807) is 12.4 Å². The Morgan fingerprint density at radius 3 is 2.58 bits per heavy atom. The summed E-state index contributed by atoms with van der Waals surface area (Å²) >= 11 is 0. The summed E-state index contributed by atoms with van der Waals surface area (Å²) in [6, 6.07) is 10.7. The molecule has 0 radical (unpaired) electrons. The Morgan fingerprint density at radius 2 is 1.74 bits per heavy atom. The minimum atomic E-state index is 0.824. The van der Waals surface area contributed by atoms with Crippen molar-refractivity contribution in [3.63, 3.8) is 0 Å². The number of hydrogen-bond donors (Lipinski definition) is 2. The highest BCUT2D eigenvalue weighted by Crippen LogP contribution is 2.34. The van der Waals surface area contributed by atoms with Crippen LogP contribution in [0.2, 0.25) is 0 Å². The van der Waals surface area contributed by atoms with Gasteiger partial charge in [-0.05, 0) is 31.3 Å². The number of rotatable bonds is 3. The molecule has 1 aliphatic rings. The minimum absolute atomic E-state index is 0.824. The van der Waals surface area contributed by atoms with Gasteiger partial charge in [0.2, 0.25) is 0 Å². The SMILES string of the molecule is CN1CCN(c2cccc3[nH]c(-c4n[nH]c5cnc(-c6cncnc6)cc45)cc23)CC1. The molecule has 8 nitrogen and oxygen atoms in total. The molecule has 2 N–H and O–H groups in total. The number of aromatic amines is 2. The van der Waals surface area contributed by atoms with Crippen molar-refractivity contribution in [2.45, 2.75) is 0 Å². The predicted octanol–water partition coefficient (Wildman–Crippen LogP) is 3.32. The molecule has 154 valence electrons. The van der Waals surface area contributed by atoms with Crippen molar-refractivity contribution in [1.29, 1.82) is 0 Å². The first-order valence-corrected chi connectivity index (χ1v) is 10.4. The number of anilines is 1. The van der Waals surface area contributed by atoms with Crippen LogP contribution in [0.3, 0.4) is 0 Å². The van der Waals surface area contributed by atoms with Crippen LogP contribution in [0.15, 0.2) is 55.2 Å². The topological polar surface area (TPSA) is 89.6 Å². The fourth-order valence-electron chi connectivity index (χ4n) is 4.30. The second-order valence-corrected chi connectivity index (χ2v) is 8.03. The Bertz CT molecular complexity index is 1360. The Kier molecular flexibility index (Phi) is 4.17. The molecule has 0 atom stereocenters. The standard InChI is InChI=1S/C23H22N8/c1-30-5-7-31(8-6-30)22-4-2-3-18-16(22)9-20(27-18)23-17-10-19(15-11-24-14-25-12-15)26-13-21(17)28-29-23/h2-4,9-14,27H,5-8H2,1H3,(H,28,29). The Morgan fingerprint density at radius 1 is 0.903 bits per heavy atom. The van der Waals surface area contributed by atoms with Gasteiger partial charge in [0.1, 0.15) is 12.0 Å².